The summed E-state index contributed by atoms with van der Waals surface area (Å²) < 4.78 is 5.31. The Kier molecular flexibility index (Phi) is 5.30. The quantitative estimate of drug-likeness (QED) is 0.833. The van der Waals surface area contributed by atoms with E-state index < -0.39 is 0 Å². The molecule has 1 amide bonds. The van der Waals surface area contributed by atoms with Crippen LogP contribution in [0.5, 0.6) is 0 Å². The van der Waals surface area contributed by atoms with Crippen LogP contribution in [0, 0.1) is 5.92 Å². The normalized spacial score (nSPS) is 16.3. The zero-order valence-electron chi connectivity index (χ0n) is 11.1. The molecule has 0 aromatic carbocycles. The number of carbonyl (C=O) groups is 1. The van der Waals surface area contributed by atoms with Gasteiger partial charge in [0.15, 0.2) is 0 Å². The molecular weight excluding hydrogens is 242 g/mol. The lowest BCUT2D eigenvalue weighted by atomic mass is 9.97. The molecule has 1 aliphatic heterocycles. The second-order valence-corrected chi connectivity index (χ2v) is 4.86. The molecule has 1 saturated heterocycles. The van der Waals surface area contributed by atoms with Crippen molar-refractivity contribution in [2.45, 2.75) is 25.8 Å². The van der Waals surface area contributed by atoms with Gasteiger partial charge in [0.2, 0.25) is 0 Å². The van der Waals surface area contributed by atoms with Gasteiger partial charge < -0.3 is 15.8 Å². The third-order valence-electron chi connectivity index (χ3n) is 3.47. The van der Waals surface area contributed by atoms with E-state index in [1.54, 1.807) is 12.3 Å². The molecule has 0 radical (unpaired) electrons. The zero-order valence-corrected chi connectivity index (χ0v) is 11.1. The van der Waals surface area contributed by atoms with Gasteiger partial charge in [-0.25, -0.2) is 0 Å². The summed E-state index contributed by atoms with van der Waals surface area (Å²) in [5, 5.41) is 2.91. The van der Waals surface area contributed by atoms with Crippen LogP contribution in [0.3, 0.4) is 0 Å². The lowest BCUT2D eigenvalue weighted by Gasteiger charge is -2.21. The number of carbonyl (C=O) groups excluding carboxylic acids is 1. The number of amides is 1. The lowest BCUT2D eigenvalue weighted by molar-refractivity contribution is 0.0636. The van der Waals surface area contributed by atoms with Crippen LogP contribution in [0.15, 0.2) is 18.3 Å². The number of hydrogen-bond acceptors (Lipinski definition) is 4. The summed E-state index contributed by atoms with van der Waals surface area (Å²) in [6, 6.07) is 3.55. The molecule has 1 aromatic heterocycles. The van der Waals surface area contributed by atoms with Crippen molar-refractivity contribution in [2.75, 3.05) is 19.8 Å². The zero-order chi connectivity index (χ0) is 13.5. The van der Waals surface area contributed by atoms with Crippen molar-refractivity contribution in [3.8, 4) is 0 Å². The van der Waals surface area contributed by atoms with Gasteiger partial charge in [0.25, 0.3) is 5.91 Å². The third-order valence-corrected chi connectivity index (χ3v) is 3.47. The highest BCUT2D eigenvalue weighted by molar-refractivity contribution is 5.92. The average molecular weight is 263 g/mol. The summed E-state index contributed by atoms with van der Waals surface area (Å²) >= 11 is 0. The minimum Gasteiger partial charge on any atom is -0.381 e. The second-order valence-electron chi connectivity index (χ2n) is 4.86. The van der Waals surface area contributed by atoms with Crippen LogP contribution in [0.1, 0.15) is 35.3 Å². The van der Waals surface area contributed by atoms with Crippen LogP contribution in [-0.4, -0.2) is 30.6 Å². The van der Waals surface area contributed by atoms with Crippen LogP contribution < -0.4 is 11.1 Å². The second kappa shape index (κ2) is 7.21. The Labute approximate surface area is 113 Å². The van der Waals surface area contributed by atoms with Crippen molar-refractivity contribution in [1.82, 2.24) is 10.3 Å². The minimum atomic E-state index is -0.115. The highest BCUT2D eigenvalue weighted by Crippen LogP contribution is 2.17. The van der Waals surface area contributed by atoms with Crippen LogP contribution >= 0.6 is 0 Å². The average Bonchev–Trinajstić information content (AvgIpc) is 2.48. The van der Waals surface area contributed by atoms with Crippen molar-refractivity contribution >= 4 is 5.91 Å². The molecule has 2 rings (SSSR count). The third kappa shape index (κ3) is 4.29. The van der Waals surface area contributed by atoms with Gasteiger partial charge in [0.05, 0.1) is 0 Å². The summed E-state index contributed by atoms with van der Waals surface area (Å²) in [5.74, 6) is 0.553. The smallest absolute Gasteiger partial charge is 0.269 e. The molecule has 1 aliphatic rings. The predicted molar refractivity (Wildman–Crippen MR) is 72.6 cm³/mol. The Balaban J connectivity index is 1.73. The van der Waals surface area contributed by atoms with E-state index in [2.05, 4.69) is 10.3 Å². The van der Waals surface area contributed by atoms with Crippen molar-refractivity contribution in [3.63, 3.8) is 0 Å². The number of nitrogens with one attached hydrogen (secondary N) is 1. The summed E-state index contributed by atoms with van der Waals surface area (Å²) in [7, 11) is 0. The van der Waals surface area contributed by atoms with Crippen molar-refractivity contribution in [1.29, 1.82) is 0 Å². The predicted octanol–water partition coefficient (Wildman–Crippen LogP) is 1.09. The Hall–Kier alpha value is -1.46. The number of pyridine rings is 1. The molecule has 2 heterocycles. The molecule has 104 valence electrons. The fraction of sp³-hybridized carbons (Fsp3) is 0.571. The maximum absolute atomic E-state index is 11.9. The monoisotopic (exact) mass is 263 g/mol. The van der Waals surface area contributed by atoms with Gasteiger partial charge in [-0.3, -0.25) is 9.78 Å². The van der Waals surface area contributed by atoms with Gasteiger partial charge in [-0.15, -0.1) is 0 Å². The fourth-order valence-electron chi connectivity index (χ4n) is 2.20. The van der Waals surface area contributed by atoms with Crippen LogP contribution in [0.2, 0.25) is 0 Å². The van der Waals surface area contributed by atoms with Crippen molar-refractivity contribution < 1.29 is 9.53 Å². The molecule has 0 aliphatic carbocycles. The van der Waals surface area contributed by atoms with E-state index in [0.717, 1.165) is 38.0 Å². The molecule has 5 nitrogen and oxygen atoms in total. The van der Waals surface area contributed by atoms with Gasteiger partial charge in [0, 0.05) is 32.5 Å². The SMILES string of the molecule is NCc1ccc(C(=O)NCCC2CCOCC2)nc1. The van der Waals surface area contributed by atoms with Crippen LogP contribution in [0.25, 0.3) is 0 Å². The van der Waals surface area contributed by atoms with Crippen LogP contribution in [-0.2, 0) is 11.3 Å². The molecule has 0 bridgehead atoms. The molecule has 3 N–H and O–H groups in total. The Morgan fingerprint density at radius 2 is 2.21 bits per heavy atom. The standard InChI is InChI=1S/C14H21N3O2/c15-9-12-1-2-13(17-10-12)14(18)16-6-3-11-4-7-19-8-5-11/h1-2,10-11H,3-9,15H2,(H,16,18). The Morgan fingerprint density at radius 3 is 2.84 bits per heavy atom. The highest BCUT2D eigenvalue weighted by Gasteiger charge is 2.14. The van der Waals surface area contributed by atoms with Crippen molar-refractivity contribution in [2.24, 2.45) is 11.7 Å². The molecule has 1 fully saturated rings. The Bertz CT molecular complexity index is 400. The van der Waals surface area contributed by atoms with Crippen LogP contribution in [0.4, 0.5) is 0 Å². The van der Waals surface area contributed by atoms with E-state index in [1.807, 2.05) is 6.07 Å². The topological polar surface area (TPSA) is 77.2 Å². The highest BCUT2D eigenvalue weighted by atomic mass is 16.5. The molecule has 0 atom stereocenters. The molecule has 5 heteroatoms. The van der Waals surface area contributed by atoms with Crippen molar-refractivity contribution in [3.05, 3.63) is 29.6 Å². The number of nitrogens with zero attached hydrogens (tertiary/aromatic N) is 1. The van der Waals surface area contributed by atoms with E-state index in [0.29, 0.717) is 24.7 Å². The van der Waals surface area contributed by atoms with E-state index in [9.17, 15) is 4.79 Å². The summed E-state index contributed by atoms with van der Waals surface area (Å²) in [6.45, 7) is 2.84. The minimum absolute atomic E-state index is 0.115. The first-order chi connectivity index (χ1) is 9.29. The summed E-state index contributed by atoms with van der Waals surface area (Å²) in [6.07, 6.45) is 4.85. The maximum atomic E-state index is 11.9. The molecule has 0 spiro atoms. The molecule has 0 saturated carbocycles. The van der Waals surface area contributed by atoms with E-state index in [4.69, 9.17) is 10.5 Å². The largest absolute Gasteiger partial charge is 0.381 e. The number of aromatic nitrogens is 1. The fourth-order valence-corrected chi connectivity index (χ4v) is 2.20. The van der Waals surface area contributed by atoms with E-state index in [1.165, 1.54) is 0 Å². The molecule has 1 aromatic rings. The maximum Gasteiger partial charge on any atom is 0.269 e. The lowest BCUT2D eigenvalue weighted by Crippen LogP contribution is -2.28. The first kappa shape index (κ1) is 14.0. The number of ether oxygens (including phenoxy) is 1. The van der Waals surface area contributed by atoms with Gasteiger partial charge in [0.1, 0.15) is 5.69 Å². The summed E-state index contributed by atoms with van der Waals surface area (Å²) in [5.41, 5.74) is 6.87. The molecule has 0 unspecified atom stereocenters. The summed E-state index contributed by atoms with van der Waals surface area (Å²) in [4.78, 5) is 16.0. The Morgan fingerprint density at radius 1 is 1.42 bits per heavy atom. The van der Waals surface area contributed by atoms with Gasteiger partial charge in [-0.1, -0.05) is 6.07 Å². The first-order valence-corrected chi connectivity index (χ1v) is 6.80. The van der Waals surface area contributed by atoms with E-state index >= 15 is 0 Å². The number of hydrogen-bond donors (Lipinski definition) is 2. The number of rotatable bonds is 5. The first-order valence-electron chi connectivity index (χ1n) is 6.80. The number of nitrogens with two attached hydrogens (primary N) is 1. The van der Waals surface area contributed by atoms with Gasteiger partial charge in [-0.2, -0.15) is 0 Å². The van der Waals surface area contributed by atoms with E-state index in [-0.39, 0.29) is 5.91 Å². The molecular formula is C14H21N3O2. The van der Waals surface area contributed by atoms with Gasteiger partial charge >= 0.3 is 0 Å². The molecule has 19 heavy (non-hydrogen) atoms. The van der Waals surface area contributed by atoms with Gasteiger partial charge in [-0.05, 0) is 36.8 Å².